The number of amides is 6. The van der Waals surface area contributed by atoms with Crippen molar-refractivity contribution in [2.45, 2.75) is 57.4 Å². The van der Waals surface area contributed by atoms with Crippen molar-refractivity contribution < 1.29 is 28.8 Å². The summed E-state index contributed by atoms with van der Waals surface area (Å²) in [6.45, 7) is 9.44. The number of carbonyl (C=O) groups is 6. The van der Waals surface area contributed by atoms with Gasteiger partial charge in [0.25, 0.3) is 0 Å². The second kappa shape index (κ2) is 17.3. The van der Waals surface area contributed by atoms with E-state index in [0.29, 0.717) is 52.4 Å². The molecule has 0 aromatic rings. The molecule has 0 bridgehead atoms. The maximum atomic E-state index is 13.4. The zero-order valence-electron chi connectivity index (χ0n) is 28.4. The predicted molar refractivity (Wildman–Crippen MR) is 177 cm³/mol. The highest BCUT2D eigenvalue weighted by Crippen LogP contribution is 2.17. The van der Waals surface area contributed by atoms with Crippen LogP contribution < -0.4 is 58.9 Å². The van der Waals surface area contributed by atoms with Gasteiger partial charge in [-0.15, -0.1) is 0 Å². The normalized spacial score (nSPS) is 31.2. The molecule has 0 aliphatic carbocycles. The molecule has 17 heteroatoms. The quantitative estimate of drug-likeness (QED) is 0.0781. The molecule has 0 unspecified atom stereocenters. The van der Waals surface area contributed by atoms with Gasteiger partial charge in [0, 0.05) is 77.4 Å². The van der Waals surface area contributed by atoms with Gasteiger partial charge < -0.3 is 58.9 Å². The Hall–Kier alpha value is -3.38. The van der Waals surface area contributed by atoms with E-state index in [4.69, 9.17) is 5.73 Å². The Balaban J connectivity index is 1.25. The van der Waals surface area contributed by atoms with E-state index >= 15 is 0 Å². The first-order valence-corrected chi connectivity index (χ1v) is 17.2. The number of rotatable bonds is 15. The Morgan fingerprint density at radius 2 is 1.15 bits per heavy atom. The molecular formula is C31H55N11O6. The average Bonchev–Trinajstić information content (AvgIpc) is 3.86. The smallest absolute Gasteiger partial charge is 0.226 e. The van der Waals surface area contributed by atoms with E-state index in [1.807, 2.05) is 20.9 Å². The van der Waals surface area contributed by atoms with Gasteiger partial charge in [0.2, 0.25) is 35.4 Å². The van der Waals surface area contributed by atoms with E-state index in [2.05, 4.69) is 53.2 Å². The molecule has 12 N–H and O–H groups in total. The summed E-state index contributed by atoms with van der Waals surface area (Å²) in [6.07, 6.45) is 0.0358. The van der Waals surface area contributed by atoms with E-state index in [9.17, 15) is 28.8 Å². The number of carbonyl (C=O) groups excluding carboxylic acids is 6. The molecule has 0 saturated carbocycles. The molecule has 0 aromatic carbocycles. The van der Waals surface area contributed by atoms with Gasteiger partial charge in [-0.1, -0.05) is 20.8 Å². The van der Waals surface area contributed by atoms with Crippen molar-refractivity contribution in [3.63, 3.8) is 0 Å². The lowest BCUT2D eigenvalue weighted by Crippen LogP contribution is -2.54. The Morgan fingerprint density at radius 1 is 0.646 bits per heavy atom. The molecule has 4 heterocycles. The van der Waals surface area contributed by atoms with Crippen LogP contribution in [0.3, 0.4) is 0 Å². The van der Waals surface area contributed by atoms with Crippen LogP contribution >= 0.6 is 0 Å². The van der Waals surface area contributed by atoms with Crippen LogP contribution in [0.4, 0.5) is 0 Å². The molecule has 0 radical (unpaired) electrons. The SMILES string of the molecule is CN[C@@H]1CNC[C@@H]1C(=O)NC[C@H](C)C(=O)N[C@@H]1CNC[C@@H]1C(=O)N[C@@H]1CNC[C@@H]1C(=O)N[C@H](CC(=O)N[C@@H]1CNC[C@@H]1C(N)=O)C(C)C. The third-order valence-electron chi connectivity index (χ3n) is 10.2. The molecule has 4 aliphatic rings. The molecule has 270 valence electrons. The van der Waals surface area contributed by atoms with Gasteiger partial charge >= 0.3 is 0 Å². The second-order valence-electron chi connectivity index (χ2n) is 14.0. The van der Waals surface area contributed by atoms with Crippen LogP contribution in [-0.4, -0.2) is 132 Å². The lowest BCUT2D eigenvalue weighted by Gasteiger charge is -2.28. The summed E-state index contributed by atoms with van der Waals surface area (Å²) >= 11 is 0. The standard InChI is InChI=1S/C31H55N11O6/c1-15(2)21(5-26(43)39-23-12-34-7-17(23)27(32)44)40-30(47)20-10-37-14-25(20)42-31(48)19-9-36-13-24(19)41-28(45)16(3)6-38-29(46)18-8-35-11-22(18)33-4/h15-25,33-37H,5-14H2,1-4H3,(H2,32,44)(H,38,46)(H,39,43)(H,40,47)(H,41,45)(H,42,48)/t16-,17-,18-,19-,20-,21+,22+,23+,24+,25+/m0/s1. The number of nitrogens with two attached hydrogens (primary N) is 1. The topological polar surface area (TPSA) is 249 Å². The summed E-state index contributed by atoms with van der Waals surface area (Å²) in [5, 5.41) is 30.5. The van der Waals surface area contributed by atoms with Gasteiger partial charge in [-0.2, -0.15) is 0 Å². The van der Waals surface area contributed by atoms with E-state index in [1.165, 1.54) is 0 Å². The summed E-state index contributed by atoms with van der Waals surface area (Å²) < 4.78 is 0. The highest BCUT2D eigenvalue weighted by Gasteiger charge is 2.40. The van der Waals surface area contributed by atoms with Gasteiger partial charge in [0.05, 0.1) is 47.7 Å². The highest BCUT2D eigenvalue weighted by molar-refractivity contribution is 5.86. The third-order valence-corrected chi connectivity index (χ3v) is 10.2. The summed E-state index contributed by atoms with van der Waals surface area (Å²) in [5.74, 6) is -3.99. The van der Waals surface area contributed by atoms with Gasteiger partial charge in [-0.05, 0) is 13.0 Å². The molecule has 0 spiro atoms. The van der Waals surface area contributed by atoms with Crippen LogP contribution in [-0.2, 0) is 28.8 Å². The molecule has 0 aromatic heterocycles. The van der Waals surface area contributed by atoms with E-state index in [0.717, 1.165) is 0 Å². The number of likely N-dealkylation sites (N-methyl/N-ethyl adjacent to an activating group) is 1. The largest absolute Gasteiger partial charge is 0.369 e. The van der Waals surface area contributed by atoms with Gasteiger partial charge in [0.15, 0.2) is 0 Å². The molecule has 48 heavy (non-hydrogen) atoms. The molecule has 4 fully saturated rings. The van der Waals surface area contributed by atoms with E-state index in [-0.39, 0.29) is 60.4 Å². The van der Waals surface area contributed by atoms with Gasteiger partial charge in [-0.3, -0.25) is 28.8 Å². The number of hydrogen-bond acceptors (Lipinski definition) is 11. The zero-order chi connectivity index (χ0) is 35.0. The van der Waals surface area contributed by atoms with Crippen molar-refractivity contribution in [1.29, 1.82) is 0 Å². The maximum absolute atomic E-state index is 13.4. The Labute approximate surface area is 281 Å². The first kappa shape index (κ1) is 37.4. The fourth-order valence-corrected chi connectivity index (χ4v) is 6.90. The monoisotopic (exact) mass is 677 g/mol. The lowest BCUT2D eigenvalue weighted by molar-refractivity contribution is -0.129. The fraction of sp³-hybridized carbons (Fsp3) is 0.806. The minimum absolute atomic E-state index is 0.0358. The van der Waals surface area contributed by atoms with Crippen LogP contribution in [0.5, 0.6) is 0 Å². The highest BCUT2D eigenvalue weighted by atomic mass is 16.2. The van der Waals surface area contributed by atoms with Crippen LogP contribution in [0.15, 0.2) is 0 Å². The van der Waals surface area contributed by atoms with Crippen LogP contribution in [0, 0.1) is 35.5 Å². The van der Waals surface area contributed by atoms with E-state index < -0.39 is 53.7 Å². The number of nitrogens with one attached hydrogen (secondary N) is 10. The molecule has 17 nitrogen and oxygen atoms in total. The van der Waals surface area contributed by atoms with Crippen molar-refractivity contribution in [3.8, 4) is 0 Å². The van der Waals surface area contributed by atoms with Crippen LogP contribution in [0.25, 0.3) is 0 Å². The Kier molecular flexibility index (Phi) is 13.5. The minimum atomic E-state index is -0.555. The zero-order valence-corrected chi connectivity index (χ0v) is 28.4. The number of hydrogen-bond donors (Lipinski definition) is 11. The Morgan fingerprint density at radius 3 is 1.71 bits per heavy atom. The maximum Gasteiger partial charge on any atom is 0.226 e. The van der Waals surface area contributed by atoms with Crippen molar-refractivity contribution >= 4 is 35.4 Å². The average molecular weight is 678 g/mol. The number of primary amides is 1. The molecule has 6 amide bonds. The Bertz CT molecular complexity index is 1190. The van der Waals surface area contributed by atoms with Crippen LogP contribution in [0.1, 0.15) is 27.2 Å². The summed E-state index contributed by atoms with van der Waals surface area (Å²) in [6, 6.07) is -1.73. The first-order chi connectivity index (χ1) is 22.9. The van der Waals surface area contributed by atoms with E-state index in [1.54, 1.807) is 6.92 Å². The van der Waals surface area contributed by atoms with Crippen LogP contribution in [0.2, 0.25) is 0 Å². The fourth-order valence-electron chi connectivity index (χ4n) is 6.90. The second-order valence-corrected chi connectivity index (χ2v) is 14.0. The molecule has 10 atom stereocenters. The molecular weight excluding hydrogens is 622 g/mol. The summed E-state index contributed by atoms with van der Waals surface area (Å²) in [4.78, 5) is 77.1. The van der Waals surface area contributed by atoms with Crippen molar-refractivity contribution in [2.75, 3.05) is 66.0 Å². The van der Waals surface area contributed by atoms with Gasteiger partial charge in [0.1, 0.15) is 0 Å². The minimum Gasteiger partial charge on any atom is -0.369 e. The summed E-state index contributed by atoms with van der Waals surface area (Å²) in [7, 11) is 1.82. The molecule has 4 rings (SSSR count). The lowest BCUT2D eigenvalue weighted by atomic mass is 9.95. The van der Waals surface area contributed by atoms with Gasteiger partial charge in [-0.25, -0.2) is 0 Å². The van der Waals surface area contributed by atoms with Crippen molar-refractivity contribution in [3.05, 3.63) is 0 Å². The summed E-state index contributed by atoms with van der Waals surface area (Å²) in [5.41, 5.74) is 5.46. The first-order valence-electron chi connectivity index (χ1n) is 17.2. The molecule has 4 saturated heterocycles. The van der Waals surface area contributed by atoms with Crippen molar-refractivity contribution in [2.24, 2.45) is 41.2 Å². The third kappa shape index (κ3) is 9.62. The van der Waals surface area contributed by atoms with Crippen molar-refractivity contribution in [1.82, 2.24) is 53.2 Å². The predicted octanol–water partition coefficient (Wildman–Crippen LogP) is -5.33. The molecule has 4 aliphatic heterocycles.